The van der Waals surface area contributed by atoms with Gasteiger partial charge in [0.05, 0.1) is 0 Å². The van der Waals surface area contributed by atoms with Crippen molar-refractivity contribution in [2.75, 3.05) is 7.11 Å². The molecule has 0 aromatic carbocycles. The highest BCUT2D eigenvalue weighted by Gasteiger charge is 2.09. The van der Waals surface area contributed by atoms with Gasteiger partial charge in [0, 0.05) is 7.11 Å². The maximum absolute atomic E-state index is 5.38. The van der Waals surface area contributed by atoms with Crippen molar-refractivity contribution in [3.05, 3.63) is 0 Å². The van der Waals surface area contributed by atoms with Crippen molar-refractivity contribution >= 4 is 12.6 Å². The fourth-order valence-corrected chi connectivity index (χ4v) is 1.15. The molecule has 67 valence electrons. The highest BCUT2D eigenvalue weighted by atomic mass is 32.1. The van der Waals surface area contributed by atoms with E-state index in [2.05, 4.69) is 6.92 Å². The average molecular weight is 177 g/mol. The molecule has 1 radical (unpaired) electrons. The summed E-state index contributed by atoms with van der Waals surface area (Å²) in [6.07, 6.45) is 2.72. The van der Waals surface area contributed by atoms with Gasteiger partial charge in [0.15, 0.2) is 6.29 Å². The minimum atomic E-state index is -0.121. The first-order valence-corrected chi connectivity index (χ1v) is 4.55. The van der Waals surface area contributed by atoms with E-state index in [0.717, 1.165) is 19.3 Å². The lowest BCUT2D eigenvalue weighted by Crippen LogP contribution is -2.19. The van der Waals surface area contributed by atoms with Crippen LogP contribution < -0.4 is 0 Å². The van der Waals surface area contributed by atoms with Crippen LogP contribution in [-0.2, 0) is 9.47 Å². The molecular formula is C8H17O2S. The molecule has 0 aliphatic rings. The monoisotopic (exact) mass is 177 g/mol. The van der Waals surface area contributed by atoms with Crippen molar-refractivity contribution in [3.8, 4) is 0 Å². The lowest BCUT2D eigenvalue weighted by molar-refractivity contribution is -0.134. The number of methoxy groups -OCH3 is 1. The van der Waals surface area contributed by atoms with Gasteiger partial charge in [0.25, 0.3) is 0 Å². The standard InChI is InChI=1S/C8H17O2S/c1-4-6-8(11)10-7(5-2)9-3/h7-8H,4-6H2,1-3H3. The molecule has 0 saturated carbocycles. The SMILES string of the molecule is CCCC([S])OC(CC)OC. The van der Waals surface area contributed by atoms with Crippen LogP contribution in [0, 0.1) is 0 Å². The summed E-state index contributed by atoms with van der Waals surface area (Å²) in [6, 6.07) is 0. The van der Waals surface area contributed by atoms with Gasteiger partial charge < -0.3 is 9.47 Å². The minimum Gasteiger partial charge on any atom is -0.356 e. The topological polar surface area (TPSA) is 18.5 Å². The Morgan fingerprint density at radius 2 is 2.00 bits per heavy atom. The highest BCUT2D eigenvalue weighted by Crippen LogP contribution is 2.11. The zero-order valence-electron chi connectivity index (χ0n) is 7.50. The molecule has 2 nitrogen and oxygen atoms in total. The molecule has 3 heteroatoms. The second-order valence-electron chi connectivity index (χ2n) is 2.43. The van der Waals surface area contributed by atoms with Crippen molar-refractivity contribution in [1.82, 2.24) is 0 Å². The molecule has 2 atom stereocenters. The van der Waals surface area contributed by atoms with E-state index in [1.54, 1.807) is 7.11 Å². The Hall–Kier alpha value is 0.270. The third kappa shape index (κ3) is 5.53. The summed E-state index contributed by atoms with van der Waals surface area (Å²) in [7, 11) is 1.64. The van der Waals surface area contributed by atoms with Crippen LogP contribution in [0.2, 0.25) is 0 Å². The minimum absolute atomic E-state index is 0.0927. The second kappa shape index (κ2) is 6.95. The van der Waals surface area contributed by atoms with Gasteiger partial charge in [0.2, 0.25) is 0 Å². The first-order valence-electron chi connectivity index (χ1n) is 4.08. The summed E-state index contributed by atoms with van der Waals surface area (Å²) in [5.74, 6) is 0. The molecule has 0 aliphatic heterocycles. The molecule has 2 unspecified atom stereocenters. The largest absolute Gasteiger partial charge is 0.356 e. The fourth-order valence-electron chi connectivity index (χ4n) is 0.791. The van der Waals surface area contributed by atoms with Crippen molar-refractivity contribution < 1.29 is 9.47 Å². The summed E-state index contributed by atoms with van der Waals surface area (Å²) in [4.78, 5) is 0. The van der Waals surface area contributed by atoms with E-state index in [9.17, 15) is 0 Å². The molecule has 0 N–H and O–H groups in total. The fraction of sp³-hybridized carbons (Fsp3) is 1.00. The number of hydrogen-bond acceptors (Lipinski definition) is 2. The summed E-state index contributed by atoms with van der Waals surface area (Å²) in [6.45, 7) is 4.11. The van der Waals surface area contributed by atoms with Gasteiger partial charge in [-0.3, -0.25) is 0 Å². The molecule has 0 fully saturated rings. The second-order valence-corrected chi connectivity index (χ2v) is 2.95. The number of hydrogen-bond donors (Lipinski definition) is 0. The van der Waals surface area contributed by atoms with Gasteiger partial charge in [0.1, 0.15) is 5.44 Å². The average Bonchev–Trinajstić information content (AvgIpc) is 2.01. The van der Waals surface area contributed by atoms with E-state index >= 15 is 0 Å². The third-order valence-electron chi connectivity index (χ3n) is 1.42. The normalized spacial score (nSPS) is 16.4. The lowest BCUT2D eigenvalue weighted by atomic mass is 10.3. The summed E-state index contributed by atoms with van der Waals surface area (Å²) < 4.78 is 10.4. The molecular weight excluding hydrogens is 160 g/mol. The highest BCUT2D eigenvalue weighted by molar-refractivity contribution is 7.80. The molecule has 0 heterocycles. The molecule has 0 rings (SSSR count). The van der Waals surface area contributed by atoms with Crippen molar-refractivity contribution in [2.24, 2.45) is 0 Å². The van der Waals surface area contributed by atoms with Crippen LogP contribution >= 0.6 is 12.6 Å². The van der Waals surface area contributed by atoms with Crippen LogP contribution in [0.3, 0.4) is 0 Å². The van der Waals surface area contributed by atoms with Crippen molar-refractivity contribution in [2.45, 2.75) is 44.8 Å². The first kappa shape index (κ1) is 11.3. The van der Waals surface area contributed by atoms with Crippen LogP contribution in [0.15, 0.2) is 0 Å². The molecule has 0 amide bonds. The molecule has 0 spiro atoms. The molecule has 0 aliphatic carbocycles. The molecule has 0 aromatic rings. The Morgan fingerprint density at radius 1 is 1.36 bits per heavy atom. The predicted molar refractivity (Wildman–Crippen MR) is 48.5 cm³/mol. The third-order valence-corrected chi connectivity index (χ3v) is 1.77. The summed E-state index contributed by atoms with van der Waals surface area (Å²) in [5, 5.41) is 0. The van der Waals surface area contributed by atoms with E-state index in [1.165, 1.54) is 0 Å². The van der Waals surface area contributed by atoms with Crippen LogP contribution in [0.25, 0.3) is 0 Å². The van der Waals surface area contributed by atoms with Crippen LogP contribution in [0.5, 0.6) is 0 Å². The zero-order valence-corrected chi connectivity index (χ0v) is 8.32. The van der Waals surface area contributed by atoms with Gasteiger partial charge in [-0.25, -0.2) is 0 Å². The summed E-state index contributed by atoms with van der Waals surface area (Å²) in [5.41, 5.74) is -0.0927. The van der Waals surface area contributed by atoms with E-state index in [4.69, 9.17) is 22.1 Å². The van der Waals surface area contributed by atoms with Crippen LogP contribution in [0.1, 0.15) is 33.1 Å². The Morgan fingerprint density at radius 3 is 2.36 bits per heavy atom. The van der Waals surface area contributed by atoms with Gasteiger partial charge >= 0.3 is 0 Å². The maximum atomic E-state index is 5.38. The van der Waals surface area contributed by atoms with E-state index in [-0.39, 0.29) is 11.7 Å². The van der Waals surface area contributed by atoms with Crippen molar-refractivity contribution in [3.63, 3.8) is 0 Å². The quantitative estimate of drug-likeness (QED) is 0.581. The van der Waals surface area contributed by atoms with Gasteiger partial charge in [-0.2, -0.15) is 0 Å². The maximum Gasteiger partial charge on any atom is 0.158 e. The number of rotatable bonds is 6. The Balaban J connectivity index is 3.44. The molecule has 0 saturated heterocycles. The zero-order chi connectivity index (χ0) is 8.69. The Labute approximate surface area is 74.7 Å². The Bertz CT molecular complexity index is 84.2. The molecule has 11 heavy (non-hydrogen) atoms. The van der Waals surface area contributed by atoms with E-state index in [0.29, 0.717) is 0 Å². The van der Waals surface area contributed by atoms with Gasteiger partial charge in [-0.05, 0) is 12.8 Å². The molecule has 0 aromatic heterocycles. The molecule has 0 bridgehead atoms. The summed E-state index contributed by atoms with van der Waals surface area (Å²) >= 11 is 5.04. The van der Waals surface area contributed by atoms with Crippen LogP contribution in [-0.4, -0.2) is 18.8 Å². The first-order chi connectivity index (χ1) is 5.24. The van der Waals surface area contributed by atoms with Gasteiger partial charge in [-0.1, -0.05) is 32.9 Å². The lowest BCUT2D eigenvalue weighted by Gasteiger charge is -2.17. The van der Waals surface area contributed by atoms with E-state index < -0.39 is 0 Å². The smallest absolute Gasteiger partial charge is 0.158 e. The van der Waals surface area contributed by atoms with Crippen LogP contribution in [0.4, 0.5) is 0 Å². The van der Waals surface area contributed by atoms with E-state index in [1.807, 2.05) is 6.92 Å². The predicted octanol–water partition coefficient (Wildman–Crippen LogP) is 2.71. The Kier molecular flexibility index (Phi) is 7.12. The van der Waals surface area contributed by atoms with Crippen molar-refractivity contribution in [1.29, 1.82) is 0 Å². The van der Waals surface area contributed by atoms with Gasteiger partial charge in [-0.15, -0.1) is 0 Å². The number of ether oxygens (including phenoxy) is 2.